The highest BCUT2D eigenvalue weighted by atomic mass is 35.5. The summed E-state index contributed by atoms with van der Waals surface area (Å²) < 4.78 is 5.42. The summed E-state index contributed by atoms with van der Waals surface area (Å²) in [5.74, 6) is -0.132. The lowest BCUT2D eigenvalue weighted by Gasteiger charge is -1.98. The maximum absolute atomic E-state index is 10.6. The summed E-state index contributed by atoms with van der Waals surface area (Å²) in [4.78, 5) is 14.8. The molecule has 0 aliphatic rings. The topological polar surface area (TPSA) is 63.3 Å². The normalized spacial score (nSPS) is 10.6. The predicted octanol–water partition coefficient (Wildman–Crippen LogP) is 3.58. The molecule has 0 bridgehead atoms. The van der Waals surface area contributed by atoms with Crippen molar-refractivity contribution in [3.8, 4) is 11.5 Å². The highest BCUT2D eigenvalue weighted by molar-refractivity contribution is 6.42. The van der Waals surface area contributed by atoms with E-state index in [1.54, 1.807) is 25.1 Å². The van der Waals surface area contributed by atoms with Gasteiger partial charge < -0.3 is 9.52 Å². The van der Waals surface area contributed by atoms with E-state index in [2.05, 4.69) is 4.98 Å². The number of aromatic nitrogens is 1. The van der Waals surface area contributed by atoms with Gasteiger partial charge >= 0.3 is 5.97 Å². The van der Waals surface area contributed by atoms with Gasteiger partial charge in [0.1, 0.15) is 5.76 Å². The predicted molar refractivity (Wildman–Crippen MR) is 68.0 cm³/mol. The lowest BCUT2D eigenvalue weighted by Crippen LogP contribution is -2.01. The molecule has 0 radical (unpaired) electrons. The van der Waals surface area contributed by atoms with Gasteiger partial charge in [-0.1, -0.05) is 23.2 Å². The second-order valence-corrected chi connectivity index (χ2v) is 4.54. The molecule has 1 aromatic carbocycles. The first-order valence-corrected chi connectivity index (χ1v) is 5.86. The summed E-state index contributed by atoms with van der Waals surface area (Å²) in [5, 5.41) is 9.56. The van der Waals surface area contributed by atoms with Crippen LogP contribution in [0.4, 0.5) is 0 Å². The molecule has 0 fully saturated rings. The summed E-state index contributed by atoms with van der Waals surface area (Å²) >= 11 is 11.7. The monoisotopic (exact) mass is 285 g/mol. The van der Waals surface area contributed by atoms with Gasteiger partial charge in [0, 0.05) is 5.56 Å². The fraction of sp³-hybridized carbons (Fsp3) is 0.167. The minimum atomic E-state index is -0.952. The van der Waals surface area contributed by atoms with Crippen molar-refractivity contribution in [2.45, 2.75) is 13.3 Å². The molecule has 18 heavy (non-hydrogen) atoms. The summed E-state index contributed by atoms with van der Waals surface area (Å²) in [5.41, 5.74) is 1.06. The molecule has 0 amide bonds. The zero-order valence-corrected chi connectivity index (χ0v) is 10.9. The third kappa shape index (κ3) is 2.66. The molecule has 0 spiro atoms. The molecular formula is C12H9Cl2NO3. The number of aryl methyl sites for hydroxylation is 1. The Morgan fingerprint density at radius 2 is 2.11 bits per heavy atom. The molecule has 2 aromatic rings. The van der Waals surface area contributed by atoms with Gasteiger partial charge in [-0.25, -0.2) is 4.98 Å². The number of halogens is 2. The van der Waals surface area contributed by atoms with Crippen molar-refractivity contribution < 1.29 is 14.3 Å². The summed E-state index contributed by atoms with van der Waals surface area (Å²) in [7, 11) is 0. The minimum Gasteiger partial charge on any atom is -0.481 e. The van der Waals surface area contributed by atoms with Crippen LogP contribution in [0.15, 0.2) is 22.6 Å². The number of carbonyl (C=O) groups is 1. The Morgan fingerprint density at radius 1 is 1.39 bits per heavy atom. The molecule has 1 heterocycles. The third-order valence-electron chi connectivity index (χ3n) is 2.38. The Bertz CT molecular complexity index is 607. The highest BCUT2D eigenvalue weighted by Gasteiger charge is 2.14. The van der Waals surface area contributed by atoms with Crippen molar-refractivity contribution in [3.63, 3.8) is 0 Å². The molecular weight excluding hydrogens is 277 g/mol. The lowest BCUT2D eigenvalue weighted by molar-refractivity contribution is -0.136. The van der Waals surface area contributed by atoms with Crippen LogP contribution in [0.3, 0.4) is 0 Å². The zero-order valence-electron chi connectivity index (χ0n) is 9.41. The van der Waals surface area contributed by atoms with E-state index in [0.717, 1.165) is 0 Å². The van der Waals surface area contributed by atoms with Crippen LogP contribution in [0.1, 0.15) is 11.5 Å². The van der Waals surface area contributed by atoms with Crippen LogP contribution < -0.4 is 0 Å². The number of hydrogen-bond donors (Lipinski definition) is 1. The molecule has 0 atom stereocenters. The number of carboxylic acid groups (broad SMARTS) is 1. The number of rotatable bonds is 3. The maximum Gasteiger partial charge on any atom is 0.309 e. The van der Waals surface area contributed by atoms with Gasteiger partial charge in [0.05, 0.1) is 22.2 Å². The molecule has 94 valence electrons. The van der Waals surface area contributed by atoms with Gasteiger partial charge in [0.15, 0.2) is 0 Å². The summed E-state index contributed by atoms with van der Waals surface area (Å²) in [6.07, 6.45) is -0.170. The Labute approximate surface area is 113 Å². The number of carboxylic acids is 1. The van der Waals surface area contributed by atoms with E-state index < -0.39 is 5.97 Å². The van der Waals surface area contributed by atoms with Gasteiger partial charge in [-0.15, -0.1) is 0 Å². The van der Waals surface area contributed by atoms with Crippen molar-refractivity contribution in [3.05, 3.63) is 39.7 Å². The van der Waals surface area contributed by atoms with Gasteiger partial charge in [-0.2, -0.15) is 0 Å². The van der Waals surface area contributed by atoms with Crippen LogP contribution in [0.5, 0.6) is 0 Å². The van der Waals surface area contributed by atoms with Crippen molar-refractivity contribution in [2.75, 3.05) is 0 Å². The standard InChI is InChI=1S/C12H9Cl2NO3/c1-6-10(5-11(16)17)15-12(18-6)7-2-3-8(13)9(14)4-7/h2-4H,5H2,1H3,(H,16,17). The van der Waals surface area contributed by atoms with Crippen molar-refractivity contribution in [1.82, 2.24) is 4.98 Å². The molecule has 2 rings (SSSR count). The number of oxazole rings is 1. The molecule has 6 heteroatoms. The Morgan fingerprint density at radius 3 is 2.72 bits per heavy atom. The molecule has 1 aromatic heterocycles. The first kappa shape index (κ1) is 12.9. The average molecular weight is 286 g/mol. The quantitative estimate of drug-likeness (QED) is 0.936. The fourth-order valence-corrected chi connectivity index (χ4v) is 1.79. The number of hydrogen-bond acceptors (Lipinski definition) is 3. The highest BCUT2D eigenvalue weighted by Crippen LogP contribution is 2.29. The first-order chi connectivity index (χ1) is 8.47. The van der Waals surface area contributed by atoms with Gasteiger partial charge in [0.2, 0.25) is 5.89 Å². The Balaban J connectivity index is 2.39. The molecule has 0 unspecified atom stereocenters. The molecule has 0 saturated heterocycles. The van der Waals surface area contributed by atoms with Crippen LogP contribution in [0, 0.1) is 6.92 Å². The van der Waals surface area contributed by atoms with Crippen molar-refractivity contribution >= 4 is 29.2 Å². The second kappa shape index (κ2) is 5.00. The maximum atomic E-state index is 10.6. The van der Waals surface area contributed by atoms with E-state index in [4.69, 9.17) is 32.7 Å². The third-order valence-corrected chi connectivity index (χ3v) is 3.12. The van der Waals surface area contributed by atoms with Gasteiger partial charge in [-0.05, 0) is 25.1 Å². The van der Waals surface area contributed by atoms with Crippen LogP contribution in [0.25, 0.3) is 11.5 Å². The van der Waals surface area contributed by atoms with E-state index in [0.29, 0.717) is 33.0 Å². The number of nitrogens with zero attached hydrogens (tertiary/aromatic N) is 1. The SMILES string of the molecule is Cc1oc(-c2ccc(Cl)c(Cl)c2)nc1CC(=O)O. The molecule has 4 nitrogen and oxygen atoms in total. The number of benzene rings is 1. The summed E-state index contributed by atoms with van der Waals surface area (Å²) in [6, 6.07) is 4.97. The van der Waals surface area contributed by atoms with E-state index >= 15 is 0 Å². The van der Waals surface area contributed by atoms with E-state index in [-0.39, 0.29) is 6.42 Å². The van der Waals surface area contributed by atoms with Crippen LogP contribution in [0.2, 0.25) is 10.0 Å². The van der Waals surface area contributed by atoms with Gasteiger partial charge in [0.25, 0.3) is 0 Å². The molecule has 0 aliphatic heterocycles. The van der Waals surface area contributed by atoms with Crippen LogP contribution >= 0.6 is 23.2 Å². The van der Waals surface area contributed by atoms with Gasteiger partial charge in [-0.3, -0.25) is 4.79 Å². The van der Waals surface area contributed by atoms with Crippen molar-refractivity contribution in [2.24, 2.45) is 0 Å². The zero-order chi connectivity index (χ0) is 13.3. The van der Waals surface area contributed by atoms with E-state index in [9.17, 15) is 4.79 Å². The average Bonchev–Trinajstić information content (AvgIpc) is 2.63. The molecule has 0 aliphatic carbocycles. The Kier molecular flexibility index (Phi) is 3.59. The van der Waals surface area contributed by atoms with Crippen LogP contribution in [-0.4, -0.2) is 16.1 Å². The smallest absolute Gasteiger partial charge is 0.309 e. The van der Waals surface area contributed by atoms with E-state index in [1.807, 2.05) is 0 Å². The largest absolute Gasteiger partial charge is 0.481 e. The lowest BCUT2D eigenvalue weighted by atomic mass is 10.2. The molecule has 0 saturated carbocycles. The fourth-order valence-electron chi connectivity index (χ4n) is 1.49. The first-order valence-electron chi connectivity index (χ1n) is 5.11. The van der Waals surface area contributed by atoms with Crippen LogP contribution in [-0.2, 0) is 11.2 Å². The summed E-state index contributed by atoms with van der Waals surface area (Å²) in [6.45, 7) is 1.67. The van der Waals surface area contributed by atoms with Crippen molar-refractivity contribution in [1.29, 1.82) is 0 Å². The number of aliphatic carboxylic acids is 1. The van der Waals surface area contributed by atoms with E-state index in [1.165, 1.54) is 0 Å². The minimum absolute atomic E-state index is 0.170. The molecule has 1 N–H and O–H groups in total. The second-order valence-electron chi connectivity index (χ2n) is 3.72. The Hall–Kier alpha value is -1.52.